The van der Waals surface area contributed by atoms with Crippen LogP contribution in [0.25, 0.3) is 6.08 Å². The maximum atomic E-state index is 15.7. The molecule has 1 aromatic heterocycles. The van der Waals surface area contributed by atoms with Gasteiger partial charge in [0.2, 0.25) is 12.2 Å². The van der Waals surface area contributed by atoms with Gasteiger partial charge in [-0.2, -0.15) is 18.8 Å². The quantitative estimate of drug-likeness (QED) is 0.0792. The molecule has 312 valence electrons. The first-order valence-corrected chi connectivity index (χ1v) is 20.0. The minimum Gasteiger partial charge on any atom is -0.425 e. The zero-order valence-corrected chi connectivity index (χ0v) is 33.0. The van der Waals surface area contributed by atoms with Crippen LogP contribution in [0.3, 0.4) is 0 Å². The fraction of sp³-hybridized carbons (Fsp3) is 0.405. The fourth-order valence-electron chi connectivity index (χ4n) is 5.48. The summed E-state index contributed by atoms with van der Waals surface area (Å²) in [7, 11) is -3.03. The summed E-state index contributed by atoms with van der Waals surface area (Å²) < 4.78 is 104. The van der Waals surface area contributed by atoms with Gasteiger partial charge in [-0.3, -0.25) is 14.1 Å². The lowest BCUT2D eigenvalue weighted by Gasteiger charge is -2.40. The number of esters is 1. The number of nitrogens with zero attached hydrogens (tertiary/aromatic N) is 5. The zero-order valence-electron chi connectivity index (χ0n) is 31.4. The molecule has 1 N–H and O–H groups in total. The van der Waals surface area contributed by atoms with Crippen LogP contribution in [-0.4, -0.2) is 106 Å². The summed E-state index contributed by atoms with van der Waals surface area (Å²) in [5.74, 6) is -4.78. The number of allylic oxidation sites excluding steroid dienone is 2. The molecule has 58 heavy (non-hydrogen) atoms. The minimum atomic E-state index is -4.31. The number of carbonyl (C=O) groups excluding carboxylic acids is 3. The Morgan fingerprint density at radius 1 is 1.10 bits per heavy atom. The van der Waals surface area contributed by atoms with E-state index >= 15 is 4.39 Å². The van der Waals surface area contributed by atoms with E-state index in [-0.39, 0.29) is 49.4 Å². The van der Waals surface area contributed by atoms with Crippen molar-refractivity contribution >= 4 is 46.0 Å². The van der Waals surface area contributed by atoms with Gasteiger partial charge in [-0.15, -0.1) is 11.8 Å². The van der Waals surface area contributed by atoms with Crippen molar-refractivity contribution in [2.45, 2.75) is 61.9 Å². The lowest BCUT2D eigenvalue weighted by molar-refractivity contribution is -0.172. The molecule has 0 bridgehead atoms. The maximum absolute atomic E-state index is 15.7. The van der Waals surface area contributed by atoms with E-state index in [9.17, 15) is 31.6 Å². The summed E-state index contributed by atoms with van der Waals surface area (Å²) in [6.45, 7) is 2.41. The van der Waals surface area contributed by atoms with E-state index < -0.39 is 86.5 Å². The molecule has 2 heterocycles. The first-order chi connectivity index (χ1) is 27.5. The Morgan fingerprint density at radius 3 is 2.48 bits per heavy atom. The zero-order chi connectivity index (χ0) is 42.5. The number of hydrogen-bond acceptors (Lipinski definition) is 14. The van der Waals surface area contributed by atoms with Crippen molar-refractivity contribution in [3.8, 4) is 6.07 Å². The van der Waals surface area contributed by atoms with Crippen LogP contribution < -0.4 is 0 Å². The molecule has 1 amide bonds. The van der Waals surface area contributed by atoms with Gasteiger partial charge in [0.05, 0.1) is 48.8 Å². The summed E-state index contributed by atoms with van der Waals surface area (Å²) in [6.07, 6.45) is 4.18. The molecular weight excluding hydrogens is 812 g/mol. The largest absolute Gasteiger partial charge is 0.512 e. The van der Waals surface area contributed by atoms with Crippen LogP contribution in [0.15, 0.2) is 67.3 Å². The van der Waals surface area contributed by atoms with Gasteiger partial charge in [0, 0.05) is 49.4 Å². The second-order valence-electron chi connectivity index (χ2n) is 12.8. The average molecular weight is 852 g/mol. The molecular formula is C37H40F3N5O11S2. The third-order valence-corrected chi connectivity index (χ3v) is 10.6. The van der Waals surface area contributed by atoms with Crippen LogP contribution in [0.5, 0.6) is 0 Å². The summed E-state index contributed by atoms with van der Waals surface area (Å²) in [5.41, 5.74) is -1.74. The molecule has 1 aliphatic heterocycles. The summed E-state index contributed by atoms with van der Waals surface area (Å²) >= 11 is 1.20. The number of thioether (sulfide) groups is 1. The van der Waals surface area contributed by atoms with Crippen LogP contribution in [0.4, 0.5) is 18.0 Å². The molecule has 3 atom stereocenters. The SMILES string of the molecule is CC(OC(=O)CCC(=O)N(C)CCS(=O)(=O)O)OC(=O)O[C@@](Cn1cncn1)(c1ccc(F)cc1F)[C@@H](C)SC1COC(/C=C/C=C/c2ccc(C#N)cc2F)OC1. The van der Waals surface area contributed by atoms with Crippen molar-refractivity contribution in [2.24, 2.45) is 0 Å². The van der Waals surface area contributed by atoms with Crippen molar-refractivity contribution in [3.63, 3.8) is 0 Å². The van der Waals surface area contributed by atoms with E-state index in [4.69, 9.17) is 33.5 Å². The normalized spacial score (nSPS) is 17.9. The Kier molecular flexibility index (Phi) is 16.4. The third kappa shape index (κ3) is 13.7. The Bertz CT molecular complexity index is 2110. The number of rotatable bonds is 18. The summed E-state index contributed by atoms with van der Waals surface area (Å²) in [4.78, 5) is 43.1. The van der Waals surface area contributed by atoms with Gasteiger partial charge in [-0.25, -0.2) is 27.6 Å². The molecule has 1 aliphatic rings. The first kappa shape index (κ1) is 45.4. The molecule has 1 unspecified atom stereocenters. The molecule has 1 fully saturated rings. The number of ether oxygens (including phenoxy) is 5. The molecule has 4 rings (SSSR count). The monoisotopic (exact) mass is 851 g/mol. The van der Waals surface area contributed by atoms with Crippen LogP contribution in [0.1, 0.15) is 43.4 Å². The number of carbonyl (C=O) groups is 3. The Hall–Kier alpha value is -5.27. The highest BCUT2D eigenvalue weighted by Crippen LogP contribution is 2.42. The highest BCUT2D eigenvalue weighted by atomic mass is 32.2. The Balaban J connectivity index is 1.43. The topological polar surface area (TPSA) is 209 Å². The van der Waals surface area contributed by atoms with E-state index in [1.54, 1.807) is 25.2 Å². The van der Waals surface area contributed by atoms with Gasteiger partial charge in [-0.1, -0.05) is 24.3 Å². The Morgan fingerprint density at radius 2 is 1.84 bits per heavy atom. The smallest absolute Gasteiger partial charge is 0.425 e. The molecule has 0 saturated carbocycles. The van der Waals surface area contributed by atoms with Gasteiger partial charge in [-0.05, 0) is 37.3 Å². The molecule has 16 nitrogen and oxygen atoms in total. The van der Waals surface area contributed by atoms with Crippen LogP contribution >= 0.6 is 11.8 Å². The van der Waals surface area contributed by atoms with E-state index in [2.05, 4.69) is 10.1 Å². The second-order valence-corrected chi connectivity index (χ2v) is 16.0. The number of benzene rings is 2. The van der Waals surface area contributed by atoms with Crippen molar-refractivity contribution < 1.29 is 64.2 Å². The number of halogens is 3. The maximum Gasteiger partial charge on any atom is 0.512 e. The first-order valence-electron chi connectivity index (χ1n) is 17.5. The average Bonchev–Trinajstić information content (AvgIpc) is 3.67. The van der Waals surface area contributed by atoms with Gasteiger partial charge < -0.3 is 28.6 Å². The van der Waals surface area contributed by atoms with E-state index in [0.29, 0.717) is 6.07 Å². The van der Waals surface area contributed by atoms with Crippen LogP contribution in [0.2, 0.25) is 0 Å². The number of aromatic nitrogens is 3. The summed E-state index contributed by atoms with van der Waals surface area (Å²) in [5, 5.41) is 11.7. The minimum absolute atomic E-state index is 0.125. The van der Waals surface area contributed by atoms with Gasteiger partial charge in [0.25, 0.3) is 10.1 Å². The number of nitriles is 1. The predicted octanol–water partition coefficient (Wildman–Crippen LogP) is 4.76. The number of hydrogen-bond donors (Lipinski definition) is 1. The molecule has 2 aromatic carbocycles. The predicted molar refractivity (Wildman–Crippen MR) is 200 cm³/mol. The third-order valence-electron chi connectivity index (χ3n) is 8.46. The van der Waals surface area contributed by atoms with E-state index in [0.717, 1.165) is 23.1 Å². The lowest BCUT2D eigenvalue weighted by Crippen LogP contribution is -2.47. The van der Waals surface area contributed by atoms with Crippen molar-refractivity contribution in [2.75, 3.05) is 32.6 Å². The van der Waals surface area contributed by atoms with Crippen LogP contribution in [-0.2, 0) is 55.5 Å². The van der Waals surface area contributed by atoms with Crippen molar-refractivity contribution in [1.29, 1.82) is 5.26 Å². The summed E-state index contributed by atoms with van der Waals surface area (Å²) in [6, 6.07) is 8.70. The highest BCUT2D eigenvalue weighted by molar-refractivity contribution is 8.00. The van der Waals surface area contributed by atoms with Gasteiger partial charge in [0.15, 0.2) is 11.9 Å². The Labute approximate surface area is 336 Å². The van der Waals surface area contributed by atoms with Gasteiger partial charge in [0.1, 0.15) is 30.1 Å². The second kappa shape index (κ2) is 20.9. The standard InChI is InChI=1S/C37H40F3N5O11S2/c1-24(57-29-19-52-35(53-20-29)7-5-4-6-27-9-8-26(18-41)16-31(27)39)37(21-45-23-42-22-43-45,30-11-10-28(38)17-32(30)40)56-36(48)55-25(2)54-34(47)13-12-33(46)44(3)14-15-58(49,50)51/h4-11,16-17,22-25,29,35H,12-15,19-21H2,1-3H3,(H,49,50,51)/b6-4+,7-5+/t24-,25?,29?,35?,37-/m1/s1. The molecule has 21 heteroatoms. The van der Waals surface area contributed by atoms with Gasteiger partial charge >= 0.3 is 12.1 Å². The van der Waals surface area contributed by atoms with E-state index in [1.165, 1.54) is 61.3 Å². The molecule has 0 spiro atoms. The number of amides is 1. The van der Waals surface area contributed by atoms with Crippen LogP contribution in [0, 0.1) is 28.8 Å². The lowest BCUT2D eigenvalue weighted by atomic mass is 9.89. The molecule has 1 saturated heterocycles. The fourth-order valence-corrected chi connectivity index (χ4v) is 7.34. The highest BCUT2D eigenvalue weighted by Gasteiger charge is 2.47. The molecule has 0 radical (unpaired) electrons. The molecule has 3 aromatic rings. The van der Waals surface area contributed by atoms with E-state index in [1.807, 2.05) is 6.07 Å². The molecule has 0 aliphatic carbocycles. The van der Waals surface area contributed by atoms with Crippen molar-refractivity contribution in [3.05, 3.63) is 101 Å². The van der Waals surface area contributed by atoms with Crippen molar-refractivity contribution in [1.82, 2.24) is 19.7 Å².